The Hall–Kier alpha value is -3.77. The van der Waals surface area contributed by atoms with Crippen LogP contribution in [-0.4, -0.2) is 11.8 Å². The second kappa shape index (κ2) is 7.37. The molecular formula is C21H9F9N2O2. The molecule has 2 aliphatic heterocycles. The molecule has 2 aromatic carbocycles. The van der Waals surface area contributed by atoms with Crippen LogP contribution in [0.5, 0.6) is 0 Å². The van der Waals surface area contributed by atoms with Crippen molar-refractivity contribution >= 4 is 23.2 Å². The molecule has 4 rings (SSSR count). The van der Waals surface area contributed by atoms with Crippen LogP contribution in [0.25, 0.3) is 11.4 Å². The summed E-state index contributed by atoms with van der Waals surface area (Å²) in [5.41, 5.74) is -6.82. The number of rotatable bonds is 2. The van der Waals surface area contributed by atoms with Crippen molar-refractivity contribution in [3.8, 4) is 0 Å². The van der Waals surface area contributed by atoms with Gasteiger partial charge in [0.25, 0.3) is 11.8 Å². The molecule has 2 amide bonds. The number of hydrogen-bond acceptors (Lipinski definition) is 2. The van der Waals surface area contributed by atoms with Crippen LogP contribution < -0.4 is 10.6 Å². The van der Waals surface area contributed by atoms with Gasteiger partial charge in [0.15, 0.2) is 0 Å². The molecule has 34 heavy (non-hydrogen) atoms. The molecule has 0 atom stereocenters. The maximum atomic E-state index is 13.2. The molecule has 0 fully saturated rings. The van der Waals surface area contributed by atoms with Crippen molar-refractivity contribution in [1.29, 1.82) is 0 Å². The molecule has 2 N–H and O–H groups in total. The minimum atomic E-state index is -5.16. The van der Waals surface area contributed by atoms with E-state index in [4.69, 9.17) is 0 Å². The summed E-state index contributed by atoms with van der Waals surface area (Å²) in [5.74, 6) is -2.05. The Morgan fingerprint density at radius 1 is 0.500 bits per heavy atom. The Kier molecular flexibility index (Phi) is 5.07. The Balaban J connectivity index is 1.88. The third kappa shape index (κ3) is 4.01. The van der Waals surface area contributed by atoms with Crippen LogP contribution in [-0.2, 0) is 28.1 Å². The fraction of sp³-hybridized carbons (Fsp3) is 0.143. The van der Waals surface area contributed by atoms with Gasteiger partial charge in [-0.15, -0.1) is 0 Å². The van der Waals surface area contributed by atoms with E-state index in [2.05, 4.69) is 10.6 Å². The van der Waals surface area contributed by atoms with Crippen LogP contribution in [0.1, 0.15) is 27.8 Å². The largest absolute Gasteiger partial charge is 0.416 e. The highest BCUT2D eigenvalue weighted by atomic mass is 19.4. The average molecular weight is 492 g/mol. The molecule has 0 saturated carbocycles. The molecule has 2 heterocycles. The highest BCUT2D eigenvalue weighted by molar-refractivity contribution is 6.30. The first-order valence-electron chi connectivity index (χ1n) is 9.16. The standard InChI is InChI=1S/C21H9F9N2O2/c22-19(23,24)10-3-1-8(2-4-10)15-13-14(18(34)31-15)16(32-17(13)33)9-5-11(20(25,26)27)7-12(6-9)21(28,29)30/h1-7H,(H,31,34)(H,32,33). The number of amides is 2. The van der Waals surface area contributed by atoms with Crippen LogP contribution in [0.2, 0.25) is 0 Å². The van der Waals surface area contributed by atoms with E-state index in [1.165, 1.54) is 0 Å². The maximum Gasteiger partial charge on any atom is 0.416 e. The Bertz CT molecular complexity index is 1250. The second-order valence-corrected chi connectivity index (χ2v) is 7.28. The van der Waals surface area contributed by atoms with Crippen molar-refractivity contribution in [2.24, 2.45) is 0 Å². The van der Waals surface area contributed by atoms with Gasteiger partial charge in [-0.1, -0.05) is 12.1 Å². The Morgan fingerprint density at radius 2 is 0.882 bits per heavy atom. The van der Waals surface area contributed by atoms with E-state index >= 15 is 0 Å². The van der Waals surface area contributed by atoms with E-state index < -0.39 is 69.4 Å². The normalized spacial score (nSPS) is 16.7. The predicted octanol–water partition coefficient (Wildman–Crippen LogP) is 5.13. The van der Waals surface area contributed by atoms with Crippen LogP contribution in [0.3, 0.4) is 0 Å². The molecule has 0 bridgehead atoms. The van der Waals surface area contributed by atoms with Crippen molar-refractivity contribution in [3.63, 3.8) is 0 Å². The number of carbonyl (C=O) groups is 2. The van der Waals surface area contributed by atoms with Crippen molar-refractivity contribution in [2.75, 3.05) is 0 Å². The Labute approximate surface area is 183 Å². The maximum absolute atomic E-state index is 13.2. The van der Waals surface area contributed by atoms with E-state index in [0.29, 0.717) is 24.3 Å². The lowest BCUT2D eigenvalue weighted by Crippen LogP contribution is -2.22. The molecule has 0 radical (unpaired) electrons. The molecule has 4 nitrogen and oxygen atoms in total. The molecule has 0 unspecified atom stereocenters. The minimum absolute atomic E-state index is 0.0252. The summed E-state index contributed by atoms with van der Waals surface area (Å²) in [7, 11) is 0. The number of nitrogens with one attached hydrogen (secondary N) is 2. The van der Waals surface area contributed by atoms with Gasteiger partial charge >= 0.3 is 18.5 Å². The van der Waals surface area contributed by atoms with Gasteiger partial charge in [-0.3, -0.25) is 9.59 Å². The zero-order chi connectivity index (χ0) is 25.2. The topological polar surface area (TPSA) is 58.2 Å². The number of halogens is 9. The second-order valence-electron chi connectivity index (χ2n) is 7.28. The zero-order valence-corrected chi connectivity index (χ0v) is 16.3. The molecular weight excluding hydrogens is 483 g/mol. The summed E-state index contributed by atoms with van der Waals surface area (Å²) in [4.78, 5) is 25.1. The molecule has 2 aromatic rings. The molecule has 0 saturated heterocycles. The van der Waals surface area contributed by atoms with E-state index in [0.717, 1.165) is 12.1 Å². The van der Waals surface area contributed by atoms with Crippen molar-refractivity contribution < 1.29 is 49.1 Å². The fourth-order valence-electron chi connectivity index (χ4n) is 3.54. The first kappa shape index (κ1) is 23.4. The van der Waals surface area contributed by atoms with Gasteiger partial charge in [0.1, 0.15) is 0 Å². The summed E-state index contributed by atoms with van der Waals surface area (Å²) in [6.45, 7) is 0. The molecule has 0 aliphatic carbocycles. The highest BCUT2D eigenvalue weighted by Gasteiger charge is 2.43. The predicted molar refractivity (Wildman–Crippen MR) is 98.0 cm³/mol. The SMILES string of the molecule is O=C1NC(c2cc(C(F)(F)F)cc(C(F)(F)F)c2)=C2C(=O)NC(c3ccc(C(F)(F)F)cc3)=C12. The monoisotopic (exact) mass is 492 g/mol. The van der Waals surface area contributed by atoms with Crippen LogP contribution in [0.15, 0.2) is 53.6 Å². The fourth-order valence-corrected chi connectivity index (χ4v) is 3.54. The molecule has 0 spiro atoms. The van der Waals surface area contributed by atoms with Gasteiger partial charge in [-0.25, -0.2) is 0 Å². The van der Waals surface area contributed by atoms with E-state index in [1.54, 1.807) is 0 Å². The van der Waals surface area contributed by atoms with Crippen molar-refractivity contribution in [3.05, 3.63) is 81.4 Å². The molecule has 13 heteroatoms. The third-order valence-corrected chi connectivity index (χ3v) is 5.06. The third-order valence-electron chi connectivity index (χ3n) is 5.06. The molecule has 2 aliphatic rings. The molecule has 0 aromatic heterocycles. The van der Waals surface area contributed by atoms with Crippen LogP contribution in [0, 0.1) is 0 Å². The van der Waals surface area contributed by atoms with Gasteiger partial charge in [0.05, 0.1) is 39.2 Å². The summed E-state index contributed by atoms with van der Waals surface area (Å²) in [5, 5.41) is 4.35. The molecule has 178 valence electrons. The summed E-state index contributed by atoms with van der Waals surface area (Å²) in [6, 6.07) is 3.90. The first-order valence-corrected chi connectivity index (χ1v) is 9.16. The van der Waals surface area contributed by atoms with Crippen LogP contribution in [0.4, 0.5) is 39.5 Å². The van der Waals surface area contributed by atoms with E-state index in [-0.39, 0.29) is 17.3 Å². The number of carbonyl (C=O) groups excluding carboxylic acids is 2. The summed E-state index contributed by atoms with van der Waals surface area (Å²) >= 11 is 0. The lowest BCUT2D eigenvalue weighted by atomic mass is 9.98. The smallest absolute Gasteiger partial charge is 0.321 e. The lowest BCUT2D eigenvalue weighted by Gasteiger charge is -2.15. The minimum Gasteiger partial charge on any atom is -0.321 e. The van der Waals surface area contributed by atoms with Gasteiger partial charge in [-0.05, 0) is 35.9 Å². The number of benzene rings is 2. The highest BCUT2D eigenvalue weighted by Crippen LogP contribution is 2.42. The number of hydrogen-bond donors (Lipinski definition) is 2. The lowest BCUT2D eigenvalue weighted by molar-refractivity contribution is -0.143. The summed E-state index contributed by atoms with van der Waals surface area (Å²) in [6.07, 6.45) is -15.0. The van der Waals surface area contributed by atoms with Gasteiger partial charge in [0.2, 0.25) is 0 Å². The summed E-state index contributed by atoms with van der Waals surface area (Å²) < 4.78 is 118. The van der Waals surface area contributed by atoms with Gasteiger partial charge in [-0.2, -0.15) is 39.5 Å². The number of fused-ring (bicyclic) bond motifs is 1. The number of alkyl halides is 9. The van der Waals surface area contributed by atoms with Crippen LogP contribution >= 0.6 is 0 Å². The van der Waals surface area contributed by atoms with Crippen molar-refractivity contribution in [2.45, 2.75) is 18.5 Å². The van der Waals surface area contributed by atoms with E-state index in [1.807, 2.05) is 0 Å². The van der Waals surface area contributed by atoms with Gasteiger partial charge in [0, 0.05) is 5.56 Å². The van der Waals surface area contributed by atoms with Gasteiger partial charge < -0.3 is 10.6 Å². The van der Waals surface area contributed by atoms with E-state index in [9.17, 15) is 49.1 Å². The average Bonchev–Trinajstić information content (AvgIpc) is 3.24. The van der Waals surface area contributed by atoms with Crippen molar-refractivity contribution in [1.82, 2.24) is 10.6 Å². The quantitative estimate of drug-likeness (QED) is 0.572. The zero-order valence-electron chi connectivity index (χ0n) is 16.3. The first-order chi connectivity index (χ1) is 15.6. The Morgan fingerprint density at radius 3 is 1.26 bits per heavy atom.